The molecule has 3 nitrogen and oxygen atoms in total. The van der Waals surface area contributed by atoms with Gasteiger partial charge in [-0.25, -0.2) is 4.98 Å². The smallest absolute Gasteiger partial charge is 0.214 e. The van der Waals surface area contributed by atoms with Gasteiger partial charge in [0.15, 0.2) is 0 Å². The molecule has 2 heterocycles. The highest BCUT2D eigenvalue weighted by atomic mass is 79.9. The number of hydrogen-bond acceptors (Lipinski definition) is 3. The molecule has 1 aromatic rings. The number of hydrogen-bond donors (Lipinski definition) is 0. The highest BCUT2D eigenvalue weighted by Gasteiger charge is 2.15. The van der Waals surface area contributed by atoms with E-state index >= 15 is 0 Å². The lowest BCUT2D eigenvalue weighted by Gasteiger charge is -2.05. The van der Waals surface area contributed by atoms with E-state index in [0.29, 0.717) is 5.88 Å². The molecule has 0 atom stereocenters. The summed E-state index contributed by atoms with van der Waals surface area (Å²) in [5.41, 5.74) is 0. The fraction of sp³-hybridized carbons (Fsp3) is 0.583. The minimum atomic E-state index is 0.709. The molecule has 0 radical (unpaired) electrons. The van der Waals surface area contributed by atoms with Gasteiger partial charge < -0.3 is 9.64 Å². The van der Waals surface area contributed by atoms with Gasteiger partial charge in [-0.05, 0) is 47.8 Å². The van der Waals surface area contributed by atoms with Gasteiger partial charge in [0.2, 0.25) is 5.88 Å². The Morgan fingerprint density at radius 2 is 2.12 bits per heavy atom. The Labute approximate surface area is 105 Å². The van der Waals surface area contributed by atoms with E-state index in [2.05, 4.69) is 25.8 Å². The minimum Gasteiger partial charge on any atom is -0.478 e. The van der Waals surface area contributed by atoms with Gasteiger partial charge in [0.05, 0.1) is 6.61 Å². The third kappa shape index (κ3) is 4.49. The highest BCUT2D eigenvalue weighted by molar-refractivity contribution is 9.10. The summed E-state index contributed by atoms with van der Waals surface area (Å²) in [6, 6.07) is 5.73. The number of rotatable bonds is 7. The van der Waals surface area contributed by atoms with E-state index in [1.54, 1.807) is 0 Å². The SMILES string of the molecule is Brc1cccc(OCCCCCN2CC2)n1. The largest absolute Gasteiger partial charge is 0.478 e. The molecule has 1 aromatic heterocycles. The predicted octanol–water partition coefficient (Wildman–Crippen LogP) is 2.71. The Morgan fingerprint density at radius 3 is 2.88 bits per heavy atom. The lowest BCUT2D eigenvalue weighted by Crippen LogP contribution is -2.02. The molecule has 0 unspecified atom stereocenters. The van der Waals surface area contributed by atoms with Gasteiger partial charge >= 0.3 is 0 Å². The number of ether oxygens (including phenoxy) is 1. The maximum absolute atomic E-state index is 5.55. The molecule has 0 N–H and O–H groups in total. The van der Waals surface area contributed by atoms with Crippen LogP contribution in [0.25, 0.3) is 0 Å². The van der Waals surface area contributed by atoms with Gasteiger partial charge in [-0.15, -0.1) is 0 Å². The number of halogens is 1. The lowest BCUT2D eigenvalue weighted by atomic mass is 10.2. The summed E-state index contributed by atoms with van der Waals surface area (Å²) in [6.07, 6.45) is 3.64. The van der Waals surface area contributed by atoms with Gasteiger partial charge in [-0.3, -0.25) is 0 Å². The third-order valence-corrected chi connectivity index (χ3v) is 3.04. The zero-order chi connectivity index (χ0) is 11.2. The summed E-state index contributed by atoms with van der Waals surface area (Å²) in [5.74, 6) is 0.709. The topological polar surface area (TPSA) is 25.1 Å². The molecule has 0 aliphatic carbocycles. The molecule has 0 amide bonds. The third-order valence-electron chi connectivity index (χ3n) is 2.60. The van der Waals surface area contributed by atoms with Crippen LogP contribution in [-0.2, 0) is 0 Å². The molecule has 2 rings (SSSR count). The first-order chi connectivity index (χ1) is 7.84. The van der Waals surface area contributed by atoms with Crippen LogP contribution in [0.3, 0.4) is 0 Å². The molecule has 0 bridgehead atoms. The first kappa shape index (κ1) is 11.9. The van der Waals surface area contributed by atoms with E-state index in [-0.39, 0.29) is 0 Å². The average Bonchev–Trinajstić information content (AvgIpc) is 3.07. The van der Waals surface area contributed by atoms with E-state index in [0.717, 1.165) is 17.6 Å². The quantitative estimate of drug-likeness (QED) is 0.437. The van der Waals surface area contributed by atoms with Crippen LogP contribution < -0.4 is 4.74 Å². The molecule has 0 aromatic carbocycles. The number of pyridine rings is 1. The molecular formula is C12H17BrN2O. The first-order valence-corrected chi connectivity index (χ1v) is 6.61. The summed E-state index contributed by atoms with van der Waals surface area (Å²) in [6.45, 7) is 4.63. The van der Waals surface area contributed by atoms with Crippen molar-refractivity contribution < 1.29 is 4.74 Å². The normalized spacial score (nSPS) is 15.1. The second-order valence-electron chi connectivity index (χ2n) is 4.05. The second-order valence-corrected chi connectivity index (χ2v) is 4.86. The Hall–Kier alpha value is -0.610. The van der Waals surface area contributed by atoms with E-state index in [1.165, 1.54) is 32.5 Å². The molecule has 88 valence electrons. The van der Waals surface area contributed by atoms with Crippen LogP contribution in [0, 0.1) is 0 Å². The second kappa shape index (κ2) is 6.21. The van der Waals surface area contributed by atoms with Crippen LogP contribution in [0.4, 0.5) is 0 Å². The van der Waals surface area contributed by atoms with Crippen molar-refractivity contribution in [3.05, 3.63) is 22.8 Å². The summed E-state index contributed by atoms with van der Waals surface area (Å²) in [4.78, 5) is 6.67. The molecule has 1 aliphatic rings. The summed E-state index contributed by atoms with van der Waals surface area (Å²) < 4.78 is 6.38. The summed E-state index contributed by atoms with van der Waals surface area (Å²) in [7, 11) is 0. The average molecular weight is 285 g/mol. The van der Waals surface area contributed by atoms with Gasteiger partial charge in [-0.2, -0.15) is 0 Å². The van der Waals surface area contributed by atoms with E-state index in [4.69, 9.17) is 4.74 Å². The van der Waals surface area contributed by atoms with Crippen LogP contribution in [0.5, 0.6) is 5.88 Å². The molecular weight excluding hydrogens is 268 g/mol. The van der Waals surface area contributed by atoms with Gasteiger partial charge in [-0.1, -0.05) is 6.07 Å². The zero-order valence-electron chi connectivity index (χ0n) is 9.36. The standard InChI is InChI=1S/C12H17BrN2O/c13-11-5-4-6-12(14-11)16-10-3-1-2-7-15-8-9-15/h4-6H,1-3,7-10H2. The Kier molecular flexibility index (Phi) is 4.60. The molecule has 16 heavy (non-hydrogen) atoms. The van der Waals surface area contributed by atoms with Crippen molar-refractivity contribution >= 4 is 15.9 Å². The predicted molar refractivity (Wildman–Crippen MR) is 67.7 cm³/mol. The minimum absolute atomic E-state index is 0.709. The summed E-state index contributed by atoms with van der Waals surface area (Å²) >= 11 is 3.32. The Balaban J connectivity index is 1.53. The monoisotopic (exact) mass is 284 g/mol. The maximum atomic E-state index is 5.55. The van der Waals surface area contributed by atoms with Crippen LogP contribution >= 0.6 is 15.9 Å². The molecule has 0 saturated carbocycles. The van der Waals surface area contributed by atoms with Crippen molar-refractivity contribution in [2.45, 2.75) is 19.3 Å². The van der Waals surface area contributed by atoms with Crippen LogP contribution in [0.15, 0.2) is 22.8 Å². The van der Waals surface area contributed by atoms with Gasteiger partial charge in [0.1, 0.15) is 4.60 Å². The highest BCUT2D eigenvalue weighted by Crippen LogP contribution is 2.13. The van der Waals surface area contributed by atoms with E-state index < -0.39 is 0 Å². The van der Waals surface area contributed by atoms with Crippen molar-refractivity contribution in [1.29, 1.82) is 0 Å². The summed E-state index contributed by atoms with van der Waals surface area (Å²) in [5, 5.41) is 0. The van der Waals surface area contributed by atoms with E-state index in [9.17, 15) is 0 Å². The fourth-order valence-electron chi connectivity index (χ4n) is 1.56. The fourth-order valence-corrected chi connectivity index (χ4v) is 1.88. The van der Waals surface area contributed by atoms with Gasteiger partial charge in [0.25, 0.3) is 0 Å². The van der Waals surface area contributed by atoms with E-state index in [1.807, 2.05) is 18.2 Å². The van der Waals surface area contributed by atoms with Crippen molar-refractivity contribution in [2.75, 3.05) is 26.2 Å². The van der Waals surface area contributed by atoms with Crippen LogP contribution in [0.1, 0.15) is 19.3 Å². The van der Waals surface area contributed by atoms with Gasteiger partial charge in [0, 0.05) is 19.2 Å². The van der Waals surface area contributed by atoms with Crippen molar-refractivity contribution in [2.24, 2.45) is 0 Å². The van der Waals surface area contributed by atoms with Crippen LogP contribution in [0.2, 0.25) is 0 Å². The molecule has 4 heteroatoms. The Morgan fingerprint density at radius 1 is 1.25 bits per heavy atom. The van der Waals surface area contributed by atoms with Crippen molar-refractivity contribution in [1.82, 2.24) is 9.88 Å². The molecule has 1 aliphatic heterocycles. The Bertz CT molecular complexity index is 329. The maximum Gasteiger partial charge on any atom is 0.214 e. The number of aromatic nitrogens is 1. The van der Waals surface area contributed by atoms with Crippen molar-refractivity contribution in [3.63, 3.8) is 0 Å². The molecule has 1 fully saturated rings. The molecule has 0 spiro atoms. The van der Waals surface area contributed by atoms with Crippen LogP contribution in [-0.4, -0.2) is 36.1 Å². The number of unbranched alkanes of at least 4 members (excludes halogenated alkanes) is 2. The van der Waals surface area contributed by atoms with Crippen molar-refractivity contribution in [3.8, 4) is 5.88 Å². The first-order valence-electron chi connectivity index (χ1n) is 5.82. The lowest BCUT2D eigenvalue weighted by molar-refractivity contribution is 0.292. The number of nitrogens with zero attached hydrogens (tertiary/aromatic N) is 2. The zero-order valence-corrected chi connectivity index (χ0v) is 10.9. The molecule has 1 saturated heterocycles.